The zero-order valence-corrected chi connectivity index (χ0v) is 23.5. The Balaban J connectivity index is 1.91. The Kier molecular flexibility index (Phi) is 13.2. The second kappa shape index (κ2) is 16.3. The van der Waals surface area contributed by atoms with Gasteiger partial charge in [0.25, 0.3) is 0 Å². The summed E-state index contributed by atoms with van der Waals surface area (Å²) in [5, 5.41) is 25.2. The van der Waals surface area contributed by atoms with Crippen LogP contribution in [0.1, 0.15) is 61.6 Å². The summed E-state index contributed by atoms with van der Waals surface area (Å²) in [7, 11) is -3.48. The number of aryl methyl sites for hydroxylation is 1. The molecule has 0 aromatic heterocycles. The summed E-state index contributed by atoms with van der Waals surface area (Å²) in [5.41, 5.74) is 8.54. The average Bonchev–Trinajstić information content (AvgIpc) is 2.89. The number of benzene rings is 2. The number of nitrogens with two attached hydrogens (primary N) is 1. The number of sulfone groups is 1. The van der Waals surface area contributed by atoms with E-state index in [9.17, 15) is 18.0 Å². The molecule has 0 radical (unpaired) electrons. The van der Waals surface area contributed by atoms with E-state index in [1.165, 1.54) is 18.2 Å². The van der Waals surface area contributed by atoms with Gasteiger partial charge in [-0.1, -0.05) is 25.0 Å². The van der Waals surface area contributed by atoms with Gasteiger partial charge in [0.05, 0.1) is 18.1 Å². The smallest absolute Gasteiger partial charge is 0.303 e. The fraction of sp³-hybridized carbons (Fsp3) is 0.414. The molecule has 0 saturated heterocycles. The molecule has 0 aliphatic carbocycles. The van der Waals surface area contributed by atoms with E-state index in [0.717, 1.165) is 55.7 Å². The van der Waals surface area contributed by atoms with Gasteiger partial charge in [0.2, 0.25) is 0 Å². The van der Waals surface area contributed by atoms with Gasteiger partial charge >= 0.3 is 11.9 Å². The fourth-order valence-corrected chi connectivity index (χ4v) is 4.76. The first-order valence-electron chi connectivity index (χ1n) is 13.1. The van der Waals surface area contributed by atoms with Crippen molar-refractivity contribution in [3.8, 4) is 11.5 Å². The lowest BCUT2D eigenvalue weighted by Gasteiger charge is -2.15. The molecule has 5 N–H and O–H groups in total. The van der Waals surface area contributed by atoms with Gasteiger partial charge in [0, 0.05) is 36.6 Å². The molecule has 0 atom stereocenters. The van der Waals surface area contributed by atoms with Crippen molar-refractivity contribution in [3.05, 3.63) is 59.2 Å². The van der Waals surface area contributed by atoms with Crippen molar-refractivity contribution in [1.82, 2.24) is 0 Å². The van der Waals surface area contributed by atoms with Gasteiger partial charge < -0.3 is 30.8 Å². The topological polar surface area (TPSA) is 177 Å². The van der Waals surface area contributed by atoms with Gasteiger partial charge in [-0.3, -0.25) is 9.59 Å². The van der Waals surface area contributed by atoms with Crippen LogP contribution < -0.4 is 15.2 Å². The van der Waals surface area contributed by atoms with E-state index in [-0.39, 0.29) is 30.0 Å². The number of carbonyl (C=O) groups is 2. The molecule has 0 spiro atoms. The largest absolute Gasteiger partial charge is 0.494 e. The number of ether oxygens (including phenoxy) is 2. The Morgan fingerprint density at radius 2 is 1.62 bits per heavy atom. The first-order chi connectivity index (χ1) is 19.0. The summed E-state index contributed by atoms with van der Waals surface area (Å²) < 4.78 is 35.8. The van der Waals surface area contributed by atoms with Gasteiger partial charge in [0.15, 0.2) is 9.84 Å². The zero-order chi connectivity index (χ0) is 29.5. The van der Waals surface area contributed by atoms with Gasteiger partial charge in [0.1, 0.15) is 11.5 Å². The van der Waals surface area contributed by atoms with Gasteiger partial charge in [-0.05, 0) is 73.6 Å². The van der Waals surface area contributed by atoms with Crippen LogP contribution in [0.3, 0.4) is 0 Å². The maximum atomic E-state index is 12.1. The molecule has 10 nitrogen and oxygen atoms in total. The van der Waals surface area contributed by atoms with Gasteiger partial charge in [-0.2, -0.15) is 0 Å². The fourth-order valence-electron chi connectivity index (χ4n) is 4.08. The minimum Gasteiger partial charge on any atom is -0.494 e. The number of allylic oxidation sites excluding steroid dienone is 1. The first-order valence-corrected chi connectivity index (χ1v) is 15.0. The summed E-state index contributed by atoms with van der Waals surface area (Å²) in [4.78, 5) is 22.0. The standard InChI is InChI=1S/C29H38N2O8S/c1-40(36,37)24-19-22(26(31)14-15-30)18-23(20-24)38-16-5-3-2-4-8-21-9-6-10-27(25(21)12-13-29(34)35)39-17-7-11-28(32)33/h6,9-10,14-15,18-20,30H,2-5,7-8,11-13,16-17,31H2,1H3,(H,32,33)(H,34,35). The number of hydrogen-bond acceptors (Lipinski definition) is 8. The Hall–Kier alpha value is -3.86. The van der Waals surface area contributed by atoms with Crippen LogP contribution in [0, 0.1) is 5.41 Å². The van der Waals surface area contributed by atoms with Crippen LogP contribution in [0.2, 0.25) is 0 Å². The number of aliphatic carboxylic acids is 2. The van der Waals surface area contributed by atoms with E-state index in [0.29, 0.717) is 36.5 Å². The average molecular weight is 575 g/mol. The van der Waals surface area contributed by atoms with Crippen molar-refractivity contribution in [3.63, 3.8) is 0 Å². The van der Waals surface area contributed by atoms with Crippen LogP contribution in [0.25, 0.3) is 5.70 Å². The lowest BCUT2D eigenvalue weighted by atomic mass is 9.97. The Morgan fingerprint density at radius 3 is 2.30 bits per heavy atom. The third-order valence-corrected chi connectivity index (χ3v) is 7.22. The number of rotatable bonds is 19. The highest BCUT2D eigenvalue weighted by atomic mass is 32.2. The number of unbranched alkanes of at least 4 members (excludes halogenated alkanes) is 3. The molecule has 11 heteroatoms. The minimum absolute atomic E-state index is 0.00795. The molecule has 2 aromatic rings. The molecule has 0 fully saturated rings. The minimum atomic E-state index is -3.48. The molecule has 0 saturated carbocycles. The molecule has 0 heterocycles. The second-order valence-electron chi connectivity index (χ2n) is 9.40. The maximum Gasteiger partial charge on any atom is 0.303 e. The molecular weight excluding hydrogens is 536 g/mol. The monoisotopic (exact) mass is 574 g/mol. The van der Waals surface area contributed by atoms with Crippen molar-refractivity contribution >= 4 is 33.7 Å². The summed E-state index contributed by atoms with van der Waals surface area (Å²) in [6.07, 6.45) is 8.38. The van der Waals surface area contributed by atoms with E-state index < -0.39 is 21.8 Å². The van der Waals surface area contributed by atoms with E-state index in [1.807, 2.05) is 12.1 Å². The van der Waals surface area contributed by atoms with Gasteiger partial charge in [-0.15, -0.1) is 0 Å². The molecule has 2 rings (SSSR count). The molecule has 218 valence electrons. The number of hydrogen-bond donors (Lipinski definition) is 4. The molecule has 2 aromatic carbocycles. The number of carboxylic acid groups (broad SMARTS) is 2. The molecule has 0 aliphatic heterocycles. The van der Waals surface area contributed by atoms with Crippen LogP contribution in [-0.2, 0) is 32.3 Å². The Bertz CT molecular complexity index is 1310. The maximum absolute atomic E-state index is 12.1. The van der Waals surface area contributed by atoms with E-state index in [2.05, 4.69) is 0 Å². The van der Waals surface area contributed by atoms with Crippen molar-refractivity contribution in [2.75, 3.05) is 19.5 Å². The highest BCUT2D eigenvalue weighted by Crippen LogP contribution is 2.27. The number of nitrogens with one attached hydrogen (secondary N) is 1. The Morgan fingerprint density at radius 1 is 0.925 bits per heavy atom. The second-order valence-corrected chi connectivity index (χ2v) is 11.4. The summed E-state index contributed by atoms with van der Waals surface area (Å²) in [6, 6.07) is 10.2. The summed E-state index contributed by atoms with van der Waals surface area (Å²) in [5.74, 6) is -0.789. The normalized spacial score (nSPS) is 11.7. The van der Waals surface area contributed by atoms with Crippen LogP contribution in [-0.4, -0.2) is 56.3 Å². The first kappa shape index (κ1) is 32.4. The van der Waals surface area contributed by atoms with Crippen LogP contribution in [0.15, 0.2) is 47.4 Å². The third-order valence-electron chi connectivity index (χ3n) is 6.13. The quantitative estimate of drug-likeness (QED) is 0.139. The molecular formula is C29H38N2O8S. The molecule has 40 heavy (non-hydrogen) atoms. The molecule has 0 aliphatic rings. The molecule has 0 amide bonds. The highest BCUT2D eigenvalue weighted by Gasteiger charge is 2.14. The number of carboxylic acids is 2. The molecule has 0 unspecified atom stereocenters. The van der Waals surface area contributed by atoms with E-state index in [4.69, 9.17) is 30.8 Å². The van der Waals surface area contributed by atoms with Gasteiger partial charge in [-0.25, -0.2) is 8.42 Å². The summed E-state index contributed by atoms with van der Waals surface area (Å²) in [6.45, 7) is 0.639. The van der Waals surface area contributed by atoms with Crippen LogP contribution >= 0.6 is 0 Å². The Labute approximate surface area is 235 Å². The van der Waals surface area contributed by atoms with E-state index >= 15 is 0 Å². The van der Waals surface area contributed by atoms with Crippen molar-refractivity contribution in [2.45, 2.75) is 62.7 Å². The molecule has 0 bridgehead atoms. The predicted molar refractivity (Wildman–Crippen MR) is 153 cm³/mol. The van der Waals surface area contributed by atoms with E-state index in [1.54, 1.807) is 12.1 Å². The SMILES string of the molecule is CS(=O)(=O)c1cc(OCCCCCCc2cccc(OCCCC(=O)O)c2CCC(=O)O)cc(C(N)=CC=N)c1. The van der Waals surface area contributed by atoms with Crippen molar-refractivity contribution in [1.29, 1.82) is 5.41 Å². The van der Waals surface area contributed by atoms with Crippen molar-refractivity contribution in [2.24, 2.45) is 5.73 Å². The third kappa shape index (κ3) is 11.5. The summed E-state index contributed by atoms with van der Waals surface area (Å²) >= 11 is 0. The van der Waals surface area contributed by atoms with Crippen LogP contribution in [0.5, 0.6) is 11.5 Å². The zero-order valence-electron chi connectivity index (χ0n) is 22.7. The highest BCUT2D eigenvalue weighted by molar-refractivity contribution is 7.90. The van der Waals surface area contributed by atoms with Crippen molar-refractivity contribution < 1.29 is 37.7 Å². The lowest BCUT2D eigenvalue weighted by molar-refractivity contribution is -0.138. The predicted octanol–water partition coefficient (Wildman–Crippen LogP) is 4.48. The van der Waals surface area contributed by atoms with Crippen LogP contribution in [0.4, 0.5) is 0 Å². The lowest BCUT2D eigenvalue weighted by Crippen LogP contribution is -2.07.